The van der Waals surface area contributed by atoms with Gasteiger partial charge < -0.3 is 11.1 Å². The van der Waals surface area contributed by atoms with Crippen LogP contribution in [0.1, 0.15) is 39.2 Å². The predicted molar refractivity (Wildman–Crippen MR) is 94.7 cm³/mol. The molecule has 1 unspecified atom stereocenters. The number of amides is 1. The number of carbonyl (C=O) groups is 1. The lowest BCUT2D eigenvalue weighted by molar-refractivity contribution is -0.123. The zero-order valence-electron chi connectivity index (χ0n) is 12.9. The van der Waals surface area contributed by atoms with Gasteiger partial charge in [0.15, 0.2) is 0 Å². The van der Waals surface area contributed by atoms with E-state index in [2.05, 4.69) is 47.2 Å². The first-order valence-corrected chi connectivity index (χ1v) is 7.98. The fourth-order valence-electron chi connectivity index (χ4n) is 2.07. The standard InChI is InChI=1S/C16H25BrN2O.ClH/c1-11(2)10-15(18)16(20)19-12(3)4-5-13-6-8-14(17)9-7-13;/h6-9,11-12,15H,4-5,10,18H2,1-3H3,(H,19,20);1H/t12?,15-;/m0./s1. The van der Waals surface area contributed by atoms with Crippen LogP contribution in [-0.2, 0) is 11.2 Å². The Morgan fingerprint density at radius 1 is 1.24 bits per heavy atom. The van der Waals surface area contributed by atoms with Crippen molar-refractivity contribution in [2.45, 2.75) is 52.1 Å². The Bertz CT molecular complexity index is 423. The molecule has 1 amide bonds. The molecule has 0 saturated carbocycles. The molecule has 0 radical (unpaired) electrons. The van der Waals surface area contributed by atoms with Crippen molar-refractivity contribution in [3.63, 3.8) is 0 Å². The third-order valence-electron chi connectivity index (χ3n) is 3.23. The van der Waals surface area contributed by atoms with Crippen molar-refractivity contribution in [3.05, 3.63) is 34.3 Å². The second-order valence-electron chi connectivity index (χ2n) is 5.81. The minimum atomic E-state index is -0.398. The molecule has 3 N–H and O–H groups in total. The summed E-state index contributed by atoms with van der Waals surface area (Å²) in [5.74, 6) is 0.399. The number of benzene rings is 1. The van der Waals surface area contributed by atoms with Crippen LogP contribution in [0.25, 0.3) is 0 Å². The average molecular weight is 378 g/mol. The van der Waals surface area contributed by atoms with E-state index in [9.17, 15) is 4.79 Å². The second kappa shape index (κ2) is 10.2. The SMILES string of the molecule is CC(C)C[C@H](N)C(=O)NC(C)CCc1ccc(Br)cc1.Cl. The Morgan fingerprint density at radius 2 is 1.81 bits per heavy atom. The maximum absolute atomic E-state index is 11.9. The van der Waals surface area contributed by atoms with Crippen molar-refractivity contribution in [2.24, 2.45) is 11.7 Å². The molecule has 1 aromatic rings. The number of hydrogen-bond acceptors (Lipinski definition) is 2. The molecule has 0 heterocycles. The second-order valence-corrected chi connectivity index (χ2v) is 6.73. The van der Waals surface area contributed by atoms with E-state index in [4.69, 9.17) is 5.73 Å². The zero-order valence-corrected chi connectivity index (χ0v) is 15.3. The van der Waals surface area contributed by atoms with Gasteiger partial charge in [-0.15, -0.1) is 12.4 Å². The molecule has 0 spiro atoms. The largest absolute Gasteiger partial charge is 0.352 e. The first-order valence-electron chi connectivity index (χ1n) is 7.19. The minimum absolute atomic E-state index is 0. The van der Waals surface area contributed by atoms with E-state index in [0.29, 0.717) is 5.92 Å². The minimum Gasteiger partial charge on any atom is -0.352 e. The Kier molecular flexibility index (Phi) is 9.92. The summed E-state index contributed by atoms with van der Waals surface area (Å²) in [4.78, 5) is 11.9. The van der Waals surface area contributed by atoms with Crippen molar-refractivity contribution in [1.29, 1.82) is 0 Å². The summed E-state index contributed by atoms with van der Waals surface area (Å²) in [6.07, 6.45) is 2.60. The van der Waals surface area contributed by atoms with Crippen LogP contribution in [0, 0.1) is 5.92 Å². The third kappa shape index (κ3) is 8.44. The molecule has 1 aromatic carbocycles. The molecule has 3 nitrogen and oxygen atoms in total. The third-order valence-corrected chi connectivity index (χ3v) is 3.76. The van der Waals surface area contributed by atoms with Crippen LogP contribution in [-0.4, -0.2) is 18.0 Å². The first-order chi connectivity index (χ1) is 9.38. The van der Waals surface area contributed by atoms with E-state index >= 15 is 0 Å². The highest BCUT2D eigenvalue weighted by atomic mass is 79.9. The van der Waals surface area contributed by atoms with Gasteiger partial charge in [0.2, 0.25) is 5.91 Å². The molecule has 5 heteroatoms. The lowest BCUT2D eigenvalue weighted by atomic mass is 10.0. The van der Waals surface area contributed by atoms with Gasteiger partial charge in [0.05, 0.1) is 6.04 Å². The van der Waals surface area contributed by atoms with Crippen LogP contribution < -0.4 is 11.1 Å². The summed E-state index contributed by atoms with van der Waals surface area (Å²) in [5.41, 5.74) is 7.15. The molecule has 1 rings (SSSR count). The van der Waals surface area contributed by atoms with Crippen LogP contribution in [0.15, 0.2) is 28.7 Å². The molecule has 120 valence electrons. The number of rotatable bonds is 7. The molecule has 0 bridgehead atoms. The van der Waals surface area contributed by atoms with Gasteiger partial charge >= 0.3 is 0 Å². The van der Waals surface area contributed by atoms with Gasteiger partial charge in [-0.1, -0.05) is 41.9 Å². The topological polar surface area (TPSA) is 55.1 Å². The smallest absolute Gasteiger partial charge is 0.237 e. The summed E-state index contributed by atoms with van der Waals surface area (Å²) < 4.78 is 1.09. The molecular weight excluding hydrogens is 352 g/mol. The highest BCUT2D eigenvalue weighted by Gasteiger charge is 2.16. The highest BCUT2D eigenvalue weighted by molar-refractivity contribution is 9.10. The summed E-state index contributed by atoms with van der Waals surface area (Å²) in [6.45, 7) is 6.17. The zero-order chi connectivity index (χ0) is 15.1. The van der Waals surface area contributed by atoms with E-state index in [1.165, 1.54) is 5.56 Å². The highest BCUT2D eigenvalue weighted by Crippen LogP contribution is 2.12. The fraction of sp³-hybridized carbons (Fsp3) is 0.562. The molecule has 0 aliphatic carbocycles. The van der Waals surface area contributed by atoms with E-state index in [1.54, 1.807) is 0 Å². The Morgan fingerprint density at radius 3 is 2.33 bits per heavy atom. The Balaban J connectivity index is 0.00000400. The van der Waals surface area contributed by atoms with Gasteiger partial charge in [-0.05, 0) is 49.8 Å². The lowest BCUT2D eigenvalue weighted by Gasteiger charge is -2.18. The van der Waals surface area contributed by atoms with E-state index in [-0.39, 0.29) is 24.4 Å². The maximum atomic E-state index is 11.9. The molecule has 0 aliphatic heterocycles. The molecule has 0 aromatic heterocycles. The number of nitrogens with two attached hydrogens (primary N) is 1. The van der Waals surface area contributed by atoms with Crippen molar-refractivity contribution < 1.29 is 4.79 Å². The number of hydrogen-bond donors (Lipinski definition) is 2. The molecule has 0 saturated heterocycles. The average Bonchev–Trinajstić information content (AvgIpc) is 2.37. The van der Waals surface area contributed by atoms with Crippen molar-refractivity contribution >= 4 is 34.2 Å². The monoisotopic (exact) mass is 376 g/mol. The van der Waals surface area contributed by atoms with Crippen LogP contribution in [0.5, 0.6) is 0 Å². The van der Waals surface area contributed by atoms with Crippen molar-refractivity contribution in [3.8, 4) is 0 Å². The van der Waals surface area contributed by atoms with Gasteiger partial charge in [0, 0.05) is 10.5 Å². The van der Waals surface area contributed by atoms with Crippen LogP contribution in [0.4, 0.5) is 0 Å². The quantitative estimate of drug-likeness (QED) is 0.761. The summed E-state index contributed by atoms with van der Waals surface area (Å²) >= 11 is 3.42. The molecule has 21 heavy (non-hydrogen) atoms. The Hall–Kier alpha value is -0.580. The lowest BCUT2D eigenvalue weighted by Crippen LogP contribution is -2.45. The van der Waals surface area contributed by atoms with Crippen molar-refractivity contribution in [1.82, 2.24) is 5.32 Å². The number of aryl methyl sites for hydroxylation is 1. The van der Waals surface area contributed by atoms with Gasteiger partial charge in [0.1, 0.15) is 0 Å². The van der Waals surface area contributed by atoms with Crippen LogP contribution >= 0.6 is 28.3 Å². The Labute approximate surface area is 142 Å². The summed E-state index contributed by atoms with van der Waals surface area (Å²) in [5, 5.41) is 2.99. The first kappa shape index (κ1) is 20.4. The maximum Gasteiger partial charge on any atom is 0.237 e. The number of halogens is 2. The summed E-state index contributed by atoms with van der Waals surface area (Å²) in [7, 11) is 0. The van der Waals surface area contributed by atoms with Gasteiger partial charge in [-0.2, -0.15) is 0 Å². The van der Waals surface area contributed by atoms with Crippen LogP contribution in [0.2, 0.25) is 0 Å². The van der Waals surface area contributed by atoms with Gasteiger partial charge in [0.25, 0.3) is 0 Å². The summed E-state index contributed by atoms with van der Waals surface area (Å²) in [6, 6.07) is 8.02. The molecule has 0 fully saturated rings. The van der Waals surface area contributed by atoms with E-state index < -0.39 is 6.04 Å². The number of nitrogens with one attached hydrogen (secondary N) is 1. The van der Waals surface area contributed by atoms with E-state index in [1.807, 2.05) is 19.1 Å². The number of carbonyl (C=O) groups excluding carboxylic acids is 1. The fourth-order valence-corrected chi connectivity index (χ4v) is 2.34. The molecular formula is C16H26BrClN2O. The van der Waals surface area contributed by atoms with E-state index in [0.717, 1.165) is 23.7 Å². The van der Waals surface area contributed by atoms with Gasteiger partial charge in [-0.25, -0.2) is 0 Å². The predicted octanol–water partition coefficient (Wildman–Crippen LogP) is 3.68. The molecule has 2 atom stereocenters. The van der Waals surface area contributed by atoms with Crippen molar-refractivity contribution in [2.75, 3.05) is 0 Å². The molecule has 0 aliphatic rings. The normalized spacial score (nSPS) is 13.4. The van der Waals surface area contributed by atoms with Crippen LogP contribution in [0.3, 0.4) is 0 Å². The van der Waals surface area contributed by atoms with Gasteiger partial charge in [-0.3, -0.25) is 4.79 Å².